The zero-order valence-corrected chi connectivity index (χ0v) is 80.6. The molecule has 0 spiro atoms. The van der Waals surface area contributed by atoms with Gasteiger partial charge in [-0.2, -0.15) is 25.3 Å². The summed E-state index contributed by atoms with van der Waals surface area (Å²) in [5, 5.41) is 107. The van der Waals surface area contributed by atoms with Gasteiger partial charge in [0.15, 0.2) is 11.9 Å². The van der Waals surface area contributed by atoms with E-state index in [1.54, 1.807) is 41.5 Å². The topological polar surface area (TPSA) is 843 Å². The standard InChI is InChI=1S/C86H145N27O22S2/c1-10-43(5)64(110-79(130)65(44(6)11-2)109-77(128)61-38-50(117)40-113(61)82(133)63(92)42(3)4)78(129)105-57(36-46-19-23-48(115)24-20-46)75(126)112-67(86(8,9)137)81(132)106-58(39-62(91)118)74(125)101-52(17-14-34-97-84(93)94)68(119)102-56(29-33-90)73(124)111-66(45(7)114)80(131)104-55(28-32-89)72(123)99-51(16-12-13-30-87)70(121)108-60(41-136)76(127)103-54(27-31-88)71(122)100-53(18-15-35-98-85(95)96)69(120)107-59(83(134)135)37-47-21-25-49(116)26-22-47/h19-26,42-45,50-61,63-67,114-117,136-137H,10-18,27-41,87-90,92H2,1-9H3,(H2,91,118)(H,99,123)(H,100,122)(H,101,125)(H,102,119)(H,103,127)(H,104,131)(H,105,129)(H,106,132)(H,107,120)(H,108,121)(H,109,128)(H,110,130)(H,111,124)(H,112,126)(H,134,135)(H4,93,94,97)(H4,95,96,98)/t43-,44-,45+,50+,51-,52-,53-,54-,55+,56-,57-,58-,59-,60-,61-,63-,64-,65-,66-,67+/m0/s1. The van der Waals surface area contributed by atoms with E-state index in [1.165, 1.54) is 67.3 Å². The highest BCUT2D eigenvalue weighted by Crippen LogP contribution is 2.25. The van der Waals surface area contributed by atoms with Crippen molar-refractivity contribution in [2.45, 2.75) is 279 Å². The fourth-order valence-electron chi connectivity index (χ4n) is 14.2. The third-order valence-electron chi connectivity index (χ3n) is 22.7. The second-order valence-corrected chi connectivity index (χ2v) is 36.3. The lowest BCUT2D eigenvalue weighted by Gasteiger charge is -2.33. The van der Waals surface area contributed by atoms with Crippen molar-refractivity contribution in [1.82, 2.24) is 90.0 Å². The van der Waals surface area contributed by atoms with Crippen molar-refractivity contribution in [2.75, 3.05) is 51.6 Å². The molecule has 768 valence electrons. The smallest absolute Gasteiger partial charge is 0.326 e. The minimum absolute atomic E-state index is 0.0429. The Morgan fingerprint density at radius 3 is 1.18 bits per heavy atom. The largest absolute Gasteiger partial charge is 0.508 e. The Kier molecular flexibility index (Phi) is 52.1. The average Bonchev–Trinajstić information content (AvgIpc) is 1.60. The number of amides is 16. The summed E-state index contributed by atoms with van der Waals surface area (Å²) in [5.41, 5.74) is 47.2. The van der Waals surface area contributed by atoms with Gasteiger partial charge < -0.3 is 161 Å². The normalized spacial score (nSPS) is 16.9. The number of rotatable bonds is 62. The van der Waals surface area contributed by atoms with Crippen molar-refractivity contribution in [3.05, 3.63) is 59.7 Å². The van der Waals surface area contributed by atoms with Gasteiger partial charge in [0, 0.05) is 49.4 Å². The number of likely N-dealkylation sites (tertiary alicyclic amines) is 1. The number of hydrogen-bond acceptors (Lipinski definition) is 30. The Hall–Kier alpha value is -12.0. The molecule has 1 aliphatic heterocycles. The van der Waals surface area contributed by atoms with E-state index in [-0.39, 0.29) is 140 Å². The molecule has 1 fully saturated rings. The number of aliphatic hydroxyl groups is 2. The molecule has 3 rings (SSSR count). The molecule has 2 aromatic carbocycles. The number of carbonyl (C=O) groups is 17. The molecule has 16 amide bonds. The molecule has 0 aromatic heterocycles. The van der Waals surface area contributed by atoms with Gasteiger partial charge in [0.1, 0.15) is 102 Å². The van der Waals surface area contributed by atoms with Crippen molar-refractivity contribution in [2.24, 2.45) is 63.6 Å². The number of aliphatic hydroxyl groups excluding tert-OH is 2. The van der Waals surface area contributed by atoms with Crippen LogP contribution in [0.3, 0.4) is 0 Å². The third-order valence-corrected chi connectivity index (χ3v) is 23.3. The van der Waals surface area contributed by atoms with Crippen LogP contribution in [0.25, 0.3) is 0 Å². The van der Waals surface area contributed by atoms with Crippen LogP contribution < -0.4 is 131 Å². The molecule has 2 aromatic rings. The number of hydrogen-bond donors (Lipinski definition) is 33. The predicted octanol–water partition coefficient (Wildman–Crippen LogP) is -8.61. The maximum atomic E-state index is 15.0. The van der Waals surface area contributed by atoms with E-state index >= 15 is 0 Å². The van der Waals surface area contributed by atoms with Crippen LogP contribution in [0.1, 0.15) is 163 Å². The number of guanidine groups is 2. The zero-order valence-electron chi connectivity index (χ0n) is 78.9. The Morgan fingerprint density at radius 1 is 0.453 bits per heavy atom. The summed E-state index contributed by atoms with van der Waals surface area (Å²) >= 11 is 8.91. The van der Waals surface area contributed by atoms with Crippen LogP contribution in [0.5, 0.6) is 11.5 Å². The number of aromatic hydroxyl groups is 2. The summed E-state index contributed by atoms with van der Waals surface area (Å²) in [4.78, 5) is 242. The molecular weight excluding hydrogens is 1830 g/mol. The molecule has 51 heteroatoms. The number of phenols is 2. The zero-order chi connectivity index (χ0) is 103. The van der Waals surface area contributed by atoms with Gasteiger partial charge in [-0.1, -0.05) is 78.6 Å². The van der Waals surface area contributed by atoms with E-state index in [0.29, 0.717) is 24.0 Å². The molecule has 49 nitrogen and oxygen atoms in total. The number of nitrogens with zero attached hydrogens (tertiary/aromatic N) is 1. The van der Waals surface area contributed by atoms with E-state index in [0.717, 1.165) is 6.92 Å². The summed E-state index contributed by atoms with van der Waals surface area (Å²) in [6, 6.07) is -14.0. The van der Waals surface area contributed by atoms with Crippen molar-refractivity contribution >= 4 is 138 Å². The second kappa shape index (κ2) is 59.9. The number of thiol groups is 2. The number of carbonyl (C=O) groups excluding carboxylic acids is 16. The highest BCUT2D eigenvalue weighted by molar-refractivity contribution is 7.81. The first kappa shape index (κ1) is 119. The van der Waals surface area contributed by atoms with Gasteiger partial charge >= 0.3 is 5.97 Å². The van der Waals surface area contributed by atoms with Crippen molar-refractivity contribution < 1.29 is 107 Å². The summed E-state index contributed by atoms with van der Waals surface area (Å²) in [6.07, 6.45) is -5.15. The molecule has 0 unspecified atom stereocenters. The van der Waals surface area contributed by atoms with Gasteiger partial charge in [-0.3, -0.25) is 87.5 Å². The van der Waals surface area contributed by atoms with Crippen LogP contribution in [0.2, 0.25) is 0 Å². The van der Waals surface area contributed by atoms with Crippen LogP contribution in [0.4, 0.5) is 0 Å². The molecule has 1 heterocycles. The number of nitrogens with one attached hydrogen (secondary N) is 18. The number of phenolic OH excluding ortho intramolecular Hbond substituents is 2. The van der Waals surface area contributed by atoms with E-state index in [2.05, 4.69) is 110 Å². The lowest BCUT2D eigenvalue weighted by Crippen LogP contribution is -2.64. The maximum absolute atomic E-state index is 15.0. The number of β-amino-alcohol motifs (C(OH)–C–C–N with tert-alkyl or cyclic N) is 1. The van der Waals surface area contributed by atoms with Crippen LogP contribution in [-0.4, -0.2) is 308 Å². The monoisotopic (exact) mass is 1970 g/mol. The van der Waals surface area contributed by atoms with Crippen LogP contribution in [-0.2, 0) is 94.3 Å². The summed E-state index contributed by atoms with van der Waals surface area (Å²) < 4.78 is -1.61. The molecule has 1 aliphatic rings. The lowest BCUT2D eigenvalue weighted by molar-refractivity contribution is -0.142. The molecule has 39 N–H and O–H groups in total. The van der Waals surface area contributed by atoms with E-state index in [1.807, 2.05) is 0 Å². The van der Waals surface area contributed by atoms with E-state index in [4.69, 9.17) is 56.7 Å². The quantitative estimate of drug-likeness (QED) is 0.0127. The van der Waals surface area contributed by atoms with Gasteiger partial charge in [-0.15, -0.1) is 0 Å². The van der Waals surface area contributed by atoms with Gasteiger partial charge in [0.05, 0.1) is 24.7 Å². The first-order valence-corrected chi connectivity index (χ1v) is 46.5. The lowest BCUT2D eigenvalue weighted by atomic mass is 9.94. The molecular formula is C86H145N27O22S2. The van der Waals surface area contributed by atoms with Crippen molar-refractivity contribution in [1.29, 1.82) is 10.8 Å². The summed E-state index contributed by atoms with van der Waals surface area (Å²) in [5.74, 6) is -20.9. The van der Waals surface area contributed by atoms with Crippen molar-refractivity contribution in [3.8, 4) is 11.5 Å². The van der Waals surface area contributed by atoms with Gasteiger partial charge in [-0.25, -0.2) is 4.79 Å². The molecule has 20 atom stereocenters. The molecule has 1 saturated heterocycles. The molecule has 137 heavy (non-hydrogen) atoms. The number of aliphatic carboxylic acids is 1. The van der Waals surface area contributed by atoms with Crippen LogP contribution in [0, 0.1) is 28.6 Å². The highest BCUT2D eigenvalue weighted by Gasteiger charge is 2.46. The molecule has 0 bridgehead atoms. The highest BCUT2D eigenvalue weighted by atomic mass is 32.1. The Balaban J connectivity index is 1.94. The number of nitrogens with two attached hydrogens (primary N) is 8. The minimum Gasteiger partial charge on any atom is -0.508 e. The number of carboxylic acid groups (broad SMARTS) is 1. The van der Waals surface area contributed by atoms with Gasteiger partial charge in [0.2, 0.25) is 94.5 Å². The van der Waals surface area contributed by atoms with Crippen molar-refractivity contribution in [3.63, 3.8) is 0 Å². The van der Waals surface area contributed by atoms with E-state index < -0.39 is 256 Å². The van der Waals surface area contributed by atoms with Gasteiger partial charge in [0.25, 0.3) is 0 Å². The number of unbranched alkanes of at least 4 members (excludes halogenated alkanes) is 1. The molecule has 0 aliphatic carbocycles. The molecule has 0 saturated carbocycles. The first-order chi connectivity index (χ1) is 64.4. The Labute approximate surface area is 806 Å². The number of primary amides is 1. The Bertz CT molecular complexity index is 4390. The summed E-state index contributed by atoms with van der Waals surface area (Å²) in [6.45, 7) is 13.1. The van der Waals surface area contributed by atoms with E-state index in [9.17, 15) is 107 Å². The maximum Gasteiger partial charge on any atom is 0.326 e. The first-order valence-electron chi connectivity index (χ1n) is 45.4. The average molecular weight is 1970 g/mol. The molecule has 0 radical (unpaired) electrons. The fourth-order valence-corrected chi connectivity index (χ4v) is 14.7. The number of benzene rings is 2. The predicted molar refractivity (Wildman–Crippen MR) is 511 cm³/mol. The van der Waals surface area contributed by atoms with Crippen LogP contribution >= 0.6 is 25.3 Å². The number of carboxylic acids is 1. The Morgan fingerprint density at radius 2 is 0.796 bits per heavy atom. The fraction of sp³-hybridized carbons (Fsp3) is 0.640. The summed E-state index contributed by atoms with van der Waals surface area (Å²) in [7, 11) is 0. The SMILES string of the molecule is CC[C@H](C)[C@H](NC(=O)[C@@H](NC(=O)[C@@H]1C[C@@H](O)CN1C(=O)[C@@H](N)C(C)C)[C@@H](C)CC)C(=O)N[C@@H](Cc1ccc(O)cc1)C(=O)N[C@H](C(=O)N[C@@H](CC(N)=O)C(=O)N[C@@H](CCCNC(=N)N)C(=O)N[C@@H](CCN)C(=O)N[C@H](C(=O)N[C@H](CCN)C(=O)N[C@@H](CCCCN)C(=O)N[C@@H](CS)C(=O)N[C@@H](CCN)C(=O)N[C@@H](CCCNC(=N)N)C(=O)N[C@@H](Cc1ccc(O)cc1)C(=O)O)[C@@H](C)O)C(C)(C)S. The third kappa shape index (κ3) is 41.1. The second-order valence-electron chi connectivity index (χ2n) is 34.8. The van der Waals surface area contributed by atoms with Gasteiger partial charge in [-0.05, 0) is 164 Å². The minimum atomic E-state index is -1.99. The van der Waals surface area contributed by atoms with Crippen LogP contribution in [0.15, 0.2) is 48.5 Å².